The molecule has 0 radical (unpaired) electrons. The fourth-order valence-electron chi connectivity index (χ4n) is 5.61. The topological polar surface area (TPSA) is 68.2 Å². The van der Waals surface area contributed by atoms with E-state index in [1.807, 2.05) is 30.3 Å². The summed E-state index contributed by atoms with van der Waals surface area (Å²) in [6.07, 6.45) is 0.390. The Balaban J connectivity index is 1.55. The normalized spacial score (nSPS) is 21.2. The van der Waals surface area contributed by atoms with Gasteiger partial charge in [-0.25, -0.2) is 0 Å². The van der Waals surface area contributed by atoms with Gasteiger partial charge in [-0.2, -0.15) is 0 Å². The first kappa shape index (κ1) is 28.7. The molecule has 6 heteroatoms. The van der Waals surface area contributed by atoms with Crippen LogP contribution in [0.5, 0.6) is 0 Å². The van der Waals surface area contributed by atoms with Gasteiger partial charge < -0.3 is 24.1 Å². The van der Waals surface area contributed by atoms with Crippen molar-refractivity contribution in [2.45, 2.75) is 76.1 Å². The molecule has 204 valence electrons. The monoisotopic (exact) mass is 534 g/mol. The molecule has 0 saturated carbocycles. The zero-order valence-corrected chi connectivity index (χ0v) is 23.8. The van der Waals surface area contributed by atoms with E-state index in [2.05, 4.69) is 81.4 Å². The Morgan fingerprint density at radius 1 is 0.868 bits per heavy atom. The Labute approximate surface area is 228 Å². The maximum atomic E-state index is 10.3. The lowest BCUT2D eigenvalue weighted by atomic mass is 9.96. The molecular formula is C32H42O5Si. The van der Waals surface area contributed by atoms with Crippen LogP contribution < -0.4 is 10.4 Å². The predicted molar refractivity (Wildman–Crippen MR) is 154 cm³/mol. The van der Waals surface area contributed by atoms with Crippen LogP contribution in [-0.2, 0) is 20.5 Å². The molecule has 3 aromatic rings. The van der Waals surface area contributed by atoms with Crippen molar-refractivity contribution in [2.24, 2.45) is 0 Å². The molecule has 0 aliphatic carbocycles. The molecule has 1 saturated heterocycles. The zero-order valence-electron chi connectivity index (χ0n) is 22.8. The summed E-state index contributed by atoms with van der Waals surface area (Å²) >= 11 is 0. The zero-order chi connectivity index (χ0) is 27.0. The highest BCUT2D eigenvalue weighted by Gasteiger charge is 2.50. The first-order valence-electron chi connectivity index (χ1n) is 13.7. The minimum absolute atomic E-state index is 0.109. The van der Waals surface area contributed by atoms with Gasteiger partial charge in [0.05, 0.1) is 31.5 Å². The molecule has 2 N–H and O–H groups in total. The molecule has 1 fully saturated rings. The molecule has 0 unspecified atom stereocenters. The van der Waals surface area contributed by atoms with Gasteiger partial charge in [-0.3, -0.25) is 0 Å². The van der Waals surface area contributed by atoms with Gasteiger partial charge in [0.15, 0.2) is 0 Å². The Morgan fingerprint density at radius 2 is 1.42 bits per heavy atom. The predicted octanol–water partition coefficient (Wildman–Crippen LogP) is 4.44. The van der Waals surface area contributed by atoms with Crippen molar-refractivity contribution < 1.29 is 24.1 Å². The molecule has 0 amide bonds. The molecular weight excluding hydrogens is 492 g/mol. The number of aliphatic hydroxyl groups excluding tert-OH is 2. The highest BCUT2D eigenvalue weighted by molar-refractivity contribution is 6.99. The molecule has 4 rings (SSSR count). The van der Waals surface area contributed by atoms with Crippen molar-refractivity contribution in [3.63, 3.8) is 0 Å². The number of benzene rings is 3. The standard InChI is InChI=1S/C32H42O5Si/c1-32(2,3)38(26-15-9-5-10-16-26,27-17-11-6-12-18-27)36-22-21-31-30(20-19-29(37-31)28(34)23-33)35-24-25-13-7-4-8-14-25/h4-18,28-31,33-34H,19-24H2,1-3H3/t28-,29-,30+,31+/m1/s1. The van der Waals surface area contributed by atoms with Gasteiger partial charge in [-0.05, 0) is 40.2 Å². The third kappa shape index (κ3) is 6.62. The minimum Gasteiger partial charge on any atom is -0.407 e. The van der Waals surface area contributed by atoms with E-state index in [1.165, 1.54) is 10.4 Å². The Hall–Kier alpha value is -2.32. The summed E-state index contributed by atoms with van der Waals surface area (Å²) in [5, 5.41) is 22.2. The summed E-state index contributed by atoms with van der Waals surface area (Å²) in [4.78, 5) is 0. The summed E-state index contributed by atoms with van der Waals surface area (Å²) in [5.41, 5.74) is 1.12. The second-order valence-electron chi connectivity index (χ2n) is 11.2. The molecule has 0 aromatic heterocycles. The van der Waals surface area contributed by atoms with Gasteiger partial charge in [0.25, 0.3) is 8.32 Å². The molecule has 4 atom stereocenters. The first-order valence-corrected chi connectivity index (χ1v) is 15.6. The number of rotatable bonds is 11. The Morgan fingerprint density at radius 3 is 1.95 bits per heavy atom. The van der Waals surface area contributed by atoms with Gasteiger partial charge in [-0.1, -0.05) is 112 Å². The molecule has 3 aromatic carbocycles. The van der Waals surface area contributed by atoms with E-state index in [9.17, 15) is 10.2 Å². The number of ether oxygens (including phenoxy) is 2. The molecule has 0 spiro atoms. The van der Waals surface area contributed by atoms with Crippen LogP contribution in [0.4, 0.5) is 0 Å². The fraction of sp³-hybridized carbons (Fsp3) is 0.438. The Kier molecular flexibility index (Phi) is 9.93. The lowest BCUT2D eigenvalue weighted by Gasteiger charge is -2.44. The van der Waals surface area contributed by atoms with Gasteiger partial charge >= 0.3 is 0 Å². The van der Waals surface area contributed by atoms with Crippen molar-refractivity contribution in [3.05, 3.63) is 96.6 Å². The van der Waals surface area contributed by atoms with E-state index in [-0.39, 0.29) is 23.9 Å². The van der Waals surface area contributed by atoms with Gasteiger partial charge in [0.2, 0.25) is 0 Å². The SMILES string of the molecule is CC(C)(C)[Si](OCC[C@@H]1O[C@@H]([C@H](O)CO)CC[C@@H]1OCc1ccccc1)(c1ccccc1)c1ccccc1. The van der Waals surface area contributed by atoms with E-state index in [0.717, 1.165) is 12.0 Å². The summed E-state index contributed by atoms with van der Waals surface area (Å²) in [5.74, 6) is 0. The van der Waals surface area contributed by atoms with Gasteiger partial charge in [0, 0.05) is 6.61 Å². The van der Waals surface area contributed by atoms with Crippen molar-refractivity contribution in [3.8, 4) is 0 Å². The first-order chi connectivity index (χ1) is 18.3. The summed E-state index contributed by atoms with van der Waals surface area (Å²) in [7, 11) is -2.66. The van der Waals surface area contributed by atoms with E-state index < -0.39 is 20.5 Å². The van der Waals surface area contributed by atoms with Crippen LogP contribution in [0.25, 0.3) is 0 Å². The minimum atomic E-state index is -2.66. The van der Waals surface area contributed by atoms with Crippen LogP contribution >= 0.6 is 0 Å². The third-order valence-corrected chi connectivity index (χ3v) is 12.6. The maximum Gasteiger partial charge on any atom is 0.261 e. The number of hydrogen-bond acceptors (Lipinski definition) is 5. The van der Waals surface area contributed by atoms with Crippen molar-refractivity contribution >= 4 is 18.7 Å². The molecule has 1 heterocycles. The summed E-state index contributed by atoms with van der Waals surface area (Å²) in [6, 6.07) is 31.4. The van der Waals surface area contributed by atoms with Crippen molar-refractivity contribution in [1.82, 2.24) is 0 Å². The van der Waals surface area contributed by atoms with Gasteiger partial charge in [-0.15, -0.1) is 0 Å². The highest BCUT2D eigenvalue weighted by atomic mass is 28.4. The quantitative estimate of drug-likeness (QED) is 0.356. The Bertz CT molecular complexity index is 1050. The average molecular weight is 535 g/mol. The van der Waals surface area contributed by atoms with Crippen molar-refractivity contribution in [2.75, 3.05) is 13.2 Å². The lowest BCUT2D eigenvalue weighted by Crippen LogP contribution is -2.66. The molecule has 0 bridgehead atoms. The van der Waals surface area contributed by atoms with E-state index >= 15 is 0 Å². The fourth-order valence-corrected chi connectivity index (χ4v) is 10.2. The van der Waals surface area contributed by atoms with Gasteiger partial charge in [0.1, 0.15) is 6.10 Å². The molecule has 38 heavy (non-hydrogen) atoms. The number of hydrogen-bond donors (Lipinski definition) is 2. The van der Waals surface area contributed by atoms with Crippen LogP contribution in [-0.4, -0.2) is 56.2 Å². The third-order valence-electron chi connectivity index (χ3n) is 7.56. The lowest BCUT2D eigenvalue weighted by molar-refractivity contribution is -0.178. The van der Waals surface area contributed by atoms with E-state index in [1.54, 1.807) is 0 Å². The summed E-state index contributed by atoms with van der Waals surface area (Å²) < 4.78 is 19.8. The maximum absolute atomic E-state index is 10.3. The largest absolute Gasteiger partial charge is 0.407 e. The summed E-state index contributed by atoms with van der Waals surface area (Å²) in [6.45, 7) is 7.52. The van der Waals surface area contributed by atoms with Crippen LogP contribution in [0.3, 0.4) is 0 Å². The van der Waals surface area contributed by atoms with E-state index in [0.29, 0.717) is 26.1 Å². The average Bonchev–Trinajstić information content (AvgIpc) is 2.95. The smallest absolute Gasteiger partial charge is 0.261 e. The highest BCUT2D eigenvalue weighted by Crippen LogP contribution is 2.37. The molecule has 1 aliphatic heterocycles. The second-order valence-corrected chi connectivity index (χ2v) is 15.5. The van der Waals surface area contributed by atoms with Crippen molar-refractivity contribution in [1.29, 1.82) is 0 Å². The van der Waals surface area contributed by atoms with E-state index in [4.69, 9.17) is 13.9 Å². The second kappa shape index (κ2) is 13.2. The number of aliphatic hydroxyl groups is 2. The molecule has 5 nitrogen and oxygen atoms in total. The molecule has 1 aliphatic rings. The van der Waals surface area contributed by atoms with Crippen LogP contribution in [0.2, 0.25) is 5.04 Å². The van der Waals surface area contributed by atoms with Crippen LogP contribution in [0.1, 0.15) is 45.6 Å². The van der Waals surface area contributed by atoms with Crippen LogP contribution in [0, 0.1) is 0 Å². The van der Waals surface area contributed by atoms with Crippen LogP contribution in [0.15, 0.2) is 91.0 Å².